The van der Waals surface area contributed by atoms with Gasteiger partial charge in [0.2, 0.25) is 12.7 Å². The fourth-order valence-electron chi connectivity index (χ4n) is 2.23. The van der Waals surface area contributed by atoms with Crippen molar-refractivity contribution in [2.45, 2.75) is 19.5 Å². The Morgan fingerprint density at radius 1 is 1.25 bits per heavy atom. The Morgan fingerprint density at radius 2 is 2.08 bits per heavy atom. The van der Waals surface area contributed by atoms with Crippen LogP contribution in [-0.4, -0.2) is 29.6 Å². The predicted molar refractivity (Wildman–Crippen MR) is 85.6 cm³/mol. The zero-order chi connectivity index (χ0) is 16.9. The normalized spacial score (nSPS) is 13.2. The van der Waals surface area contributed by atoms with Crippen LogP contribution in [0.1, 0.15) is 22.8 Å². The Morgan fingerprint density at radius 3 is 2.88 bits per heavy atom. The summed E-state index contributed by atoms with van der Waals surface area (Å²) < 4.78 is 10.4. The topological polar surface area (TPSA) is 89.5 Å². The number of hydrogen-bond acceptors (Lipinski definition) is 5. The zero-order valence-corrected chi connectivity index (χ0v) is 13.1. The van der Waals surface area contributed by atoms with E-state index in [1.165, 1.54) is 0 Å². The molecule has 0 spiro atoms. The van der Waals surface area contributed by atoms with E-state index >= 15 is 0 Å². The highest BCUT2D eigenvalue weighted by Crippen LogP contribution is 2.32. The average Bonchev–Trinajstić information content (AvgIpc) is 3.08. The first-order valence-electron chi connectivity index (χ1n) is 7.50. The van der Waals surface area contributed by atoms with Crippen LogP contribution in [0.5, 0.6) is 11.5 Å². The number of benzene rings is 1. The number of carbonyl (C=O) groups excluding carboxylic acids is 2. The third kappa shape index (κ3) is 3.62. The summed E-state index contributed by atoms with van der Waals surface area (Å²) in [4.78, 5) is 28.3. The molecule has 1 atom stereocenters. The van der Waals surface area contributed by atoms with Crippen LogP contribution >= 0.6 is 0 Å². The van der Waals surface area contributed by atoms with Crippen LogP contribution in [-0.2, 0) is 11.3 Å². The minimum absolute atomic E-state index is 0.146. The molecule has 0 radical (unpaired) electrons. The summed E-state index contributed by atoms with van der Waals surface area (Å²) in [6.07, 6.45) is 3.34. The van der Waals surface area contributed by atoms with Gasteiger partial charge in [0.25, 0.3) is 5.91 Å². The van der Waals surface area contributed by atoms with Crippen LogP contribution in [0.25, 0.3) is 0 Å². The molecular weight excluding hydrogens is 310 g/mol. The number of carbonyl (C=O) groups is 2. The molecule has 0 bridgehead atoms. The third-order valence-corrected chi connectivity index (χ3v) is 3.57. The lowest BCUT2D eigenvalue weighted by Gasteiger charge is -2.14. The molecule has 0 saturated carbocycles. The fraction of sp³-hybridized carbons (Fsp3) is 0.235. The molecule has 24 heavy (non-hydrogen) atoms. The van der Waals surface area contributed by atoms with Crippen LogP contribution in [0.2, 0.25) is 0 Å². The molecule has 2 aromatic rings. The summed E-state index contributed by atoms with van der Waals surface area (Å²) >= 11 is 0. The highest BCUT2D eigenvalue weighted by Gasteiger charge is 2.19. The van der Waals surface area contributed by atoms with E-state index < -0.39 is 6.04 Å². The molecule has 0 unspecified atom stereocenters. The second-order valence-corrected chi connectivity index (χ2v) is 5.34. The first kappa shape index (κ1) is 15.8. The molecule has 7 heteroatoms. The van der Waals surface area contributed by atoms with Crippen molar-refractivity contribution in [2.24, 2.45) is 0 Å². The number of nitrogens with one attached hydrogen (secondary N) is 2. The molecule has 2 amide bonds. The van der Waals surface area contributed by atoms with E-state index in [0.717, 1.165) is 5.56 Å². The van der Waals surface area contributed by atoms with Gasteiger partial charge in [-0.05, 0) is 36.8 Å². The van der Waals surface area contributed by atoms with E-state index in [9.17, 15) is 9.59 Å². The van der Waals surface area contributed by atoms with Gasteiger partial charge >= 0.3 is 0 Å². The van der Waals surface area contributed by atoms with Crippen molar-refractivity contribution >= 4 is 11.8 Å². The van der Waals surface area contributed by atoms with E-state index in [2.05, 4.69) is 15.6 Å². The minimum atomic E-state index is -0.667. The van der Waals surface area contributed by atoms with Crippen molar-refractivity contribution in [3.63, 3.8) is 0 Å². The number of pyridine rings is 1. The summed E-state index contributed by atoms with van der Waals surface area (Å²) in [7, 11) is 0. The Balaban J connectivity index is 1.54. The van der Waals surface area contributed by atoms with Crippen molar-refractivity contribution < 1.29 is 19.1 Å². The molecule has 1 aliphatic rings. The monoisotopic (exact) mass is 327 g/mol. The maximum Gasteiger partial charge on any atom is 0.252 e. The van der Waals surface area contributed by atoms with Crippen molar-refractivity contribution in [2.75, 3.05) is 6.79 Å². The number of amides is 2. The minimum Gasteiger partial charge on any atom is -0.454 e. The van der Waals surface area contributed by atoms with Gasteiger partial charge in [0.15, 0.2) is 11.5 Å². The molecule has 0 aliphatic carbocycles. The second kappa shape index (κ2) is 6.99. The second-order valence-electron chi connectivity index (χ2n) is 5.34. The molecule has 1 aliphatic heterocycles. The maximum atomic E-state index is 12.2. The summed E-state index contributed by atoms with van der Waals surface area (Å²) in [5, 5.41) is 5.42. The quantitative estimate of drug-likeness (QED) is 0.862. The van der Waals surface area contributed by atoms with Crippen molar-refractivity contribution in [1.82, 2.24) is 15.6 Å². The number of fused-ring (bicyclic) bond motifs is 1. The lowest BCUT2D eigenvalue weighted by atomic mass is 10.1. The van der Waals surface area contributed by atoms with Crippen molar-refractivity contribution in [1.29, 1.82) is 0 Å². The van der Waals surface area contributed by atoms with E-state index in [0.29, 0.717) is 23.6 Å². The van der Waals surface area contributed by atoms with Gasteiger partial charge in [-0.3, -0.25) is 14.6 Å². The van der Waals surface area contributed by atoms with Gasteiger partial charge in [-0.25, -0.2) is 0 Å². The Kier molecular flexibility index (Phi) is 4.60. The Labute approximate surface area is 139 Å². The highest BCUT2D eigenvalue weighted by molar-refractivity contribution is 5.98. The Bertz CT molecular complexity index is 749. The molecule has 0 saturated heterocycles. The fourth-order valence-corrected chi connectivity index (χ4v) is 2.23. The van der Waals surface area contributed by atoms with E-state index in [1.54, 1.807) is 43.6 Å². The van der Waals surface area contributed by atoms with Gasteiger partial charge in [-0.15, -0.1) is 0 Å². The van der Waals surface area contributed by atoms with Crippen LogP contribution < -0.4 is 20.1 Å². The molecule has 2 heterocycles. The standard InChI is InChI=1S/C17H17N3O4/c1-11(16(21)19-9-12-3-2-6-18-8-12)20-17(22)13-4-5-14-15(7-13)24-10-23-14/h2-8,11H,9-10H2,1H3,(H,19,21)(H,20,22)/t11-/m0/s1. The summed E-state index contributed by atoms with van der Waals surface area (Å²) in [6, 6.07) is 7.89. The molecule has 1 aromatic heterocycles. The van der Waals surface area contributed by atoms with Gasteiger partial charge in [0.1, 0.15) is 6.04 Å². The number of hydrogen-bond donors (Lipinski definition) is 2. The van der Waals surface area contributed by atoms with Crippen LogP contribution in [0.15, 0.2) is 42.7 Å². The highest BCUT2D eigenvalue weighted by atomic mass is 16.7. The summed E-state index contributed by atoms with van der Waals surface area (Å²) in [5.41, 5.74) is 1.30. The number of aromatic nitrogens is 1. The lowest BCUT2D eigenvalue weighted by Crippen LogP contribution is -2.44. The molecule has 7 nitrogen and oxygen atoms in total. The average molecular weight is 327 g/mol. The van der Waals surface area contributed by atoms with E-state index in [-0.39, 0.29) is 18.6 Å². The largest absolute Gasteiger partial charge is 0.454 e. The molecular formula is C17H17N3O4. The van der Waals surface area contributed by atoms with Gasteiger partial charge in [-0.1, -0.05) is 6.07 Å². The first-order chi connectivity index (χ1) is 11.6. The lowest BCUT2D eigenvalue weighted by molar-refractivity contribution is -0.122. The van der Waals surface area contributed by atoms with Crippen LogP contribution in [0, 0.1) is 0 Å². The van der Waals surface area contributed by atoms with Gasteiger partial charge < -0.3 is 20.1 Å². The first-order valence-corrected chi connectivity index (χ1v) is 7.50. The molecule has 1 aromatic carbocycles. The van der Waals surface area contributed by atoms with Crippen LogP contribution in [0.3, 0.4) is 0 Å². The number of ether oxygens (including phenoxy) is 2. The zero-order valence-electron chi connectivity index (χ0n) is 13.1. The van der Waals surface area contributed by atoms with Crippen LogP contribution in [0.4, 0.5) is 0 Å². The molecule has 2 N–H and O–H groups in total. The van der Waals surface area contributed by atoms with Gasteiger partial charge in [0, 0.05) is 24.5 Å². The predicted octanol–water partition coefficient (Wildman–Crippen LogP) is 1.24. The SMILES string of the molecule is C[C@H](NC(=O)c1ccc2c(c1)OCO2)C(=O)NCc1cccnc1. The van der Waals surface area contributed by atoms with Gasteiger partial charge in [-0.2, -0.15) is 0 Å². The molecule has 0 fully saturated rings. The summed E-state index contributed by atoms with van der Waals surface area (Å²) in [5.74, 6) is 0.510. The van der Waals surface area contributed by atoms with E-state index in [4.69, 9.17) is 9.47 Å². The number of rotatable bonds is 5. The third-order valence-electron chi connectivity index (χ3n) is 3.57. The van der Waals surface area contributed by atoms with E-state index in [1.807, 2.05) is 6.07 Å². The Hall–Kier alpha value is -3.09. The van der Waals surface area contributed by atoms with Crippen molar-refractivity contribution in [3.8, 4) is 11.5 Å². The number of nitrogens with zero attached hydrogens (tertiary/aromatic N) is 1. The maximum absolute atomic E-state index is 12.2. The molecule has 124 valence electrons. The molecule has 3 rings (SSSR count). The summed E-state index contributed by atoms with van der Waals surface area (Å²) in [6.45, 7) is 2.13. The smallest absolute Gasteiger partial charge is 0.252 e. The van der Waals surface area contributed by atoms with Crippen molar-refractivity contribution in [3.05, 3.63) is 53.9 Å². The van der Waals surface area contributed by atoms with Gasteiger partial charge in [0.05, 0.1) is 0 Å².